The zero-order valence-electron chi connectivity index (χ0n) is 6.38. The van der Waals surface area contributed by atoms with Gasteiger partial charge < -0.3 is 0 Å². The highest BCUT2D eigenvalue weighted by molar-refractivity contribution is 6.17. The predicted molar refractivity (Wildman–Crippen MR) is 50.4 cm³/mol. The Morgan fingerprint density at radius 3 is 2.55 bits per heavy atom. The first-order valence-corrected chi connectivity index (χ1v) is 3.90. The Bertz CT molecular complexity index is 173. The molecule has 1 aromatic heterocycles. The fourth-order valence-electron chi connectivity index (χ4n) is 0.743. The van der Waals surface area contributed by atoms with Gasteiger partial charge in [-0.2, -0.15) is 0 Å². The fraction of sp³-hybridized carbons (Fsp3) is 0.375. The van der Waals surface area contributed by atoms with Crippen LogP contribution in [-0.4, -0.2) is 4.98 Å². The summed E-state index contributed by atoms with van der Waals surface area (Å²) < 4.78 is 0. The lowest BCUT2D eigenvalue weighted by Gasteiger charge is -1.95. The van der Waals surface area contributed by atoms with Crippen molar-refractivity contribution in [3.8, 4) is 0 Å². The third-order valence-electron chi connectivity index (χ3n) is 1.40. The van der Waals surface area contributed by atoms with Gasteiger partial charge in [0.05, 0.1) is 0 Å². The van der Waals surface area contributed by atoms with Gasteiger partial charge in [-0.3, -0.25) is 4.98 Å². The van der Waals surface area contributed by atoms with E-state index in [1.807, 2.05) is 18.3 Å². The summed E-state index contributed by atoms with van der Waals surface area (Å²) in [6.45, 7) is 2.09. The third kappa shape index (κ3) is 3.08. The zero-order chi connectivity index (χ0) is 7.40. The molecule has 0 unspecified atom stereocenters. The number of pyridine rings is 1. The SMILES string of the molecule is CCc1ccc(CCl)cn1.Cl. The van der Waals surface area contributed by atoms with Crippen LogP contribution in [0.3, 0.4) is 0 Å². The minimum absolute atomic E-state index is 0. The molecule has 0 aliphatic carbocycles. The van der Waals surface area contributed by atoms with Gasteiger partial charge in [0.25, 0.3) is 0 Å². The Morgan fingerprint density at radius 1 is 1.45 bits per heavy atom. The van der Waals surface area contributed by atoms with Crippen LogP contribution in [0, 0.1) is 0 Å². The molecule has 0 bridgehead atoms. The van der Waals surface area contributed by atoms with Gasteiger partial charge in [-0.15, -0.1) is 24.0 Å². The molecule has 3 heteroatoms. The molecule has 0 saturated carbocycles. The van der Waals surface area contributed by atoms with Crippen molar-refractivity contribution in [2.45, 2.75) is 19.2 Å². The van der Waals surface area contributed by atoms with Crippen molar-refractivity contribution in [2.75, 3.05) is 0 Å². The summed E-state index contributed by atoms with van der Waals surface area (Å²) in [4.78, 5) is 4.18. The summed E-state index contributed by atoms with van der Waals surface area (Å²) in [7, 11) is 0. The summed E-state index contributed by atoms with van der Waals surface area (Å²) >= 11 is 5.58. The number of alkyl halides is 1. The van der Waals surface area contributed by atoms with Gasteiger partial charge in [0.15, 0.2) is 0 Å². The molecule has 0 radical (unpaired) electrons. The standard InChI is InChI=1S/C8H10ClN.ClH/c1-2-8-4-3-7(5-9)6-10-8;/h3-4,6H,2,5H2,1H3;1H. The number of aromatic nitrogens is 1. The Hall–Kier alpha value is -0.270. The molecule has 0 aliphatic rings. The average molecular weight is 192 g/mol. The first-order valence-electron chi connectivity index (χ1n) is 3.36. The van der Waals surface area contributed by atoms with Crippen molar-refractivity contribution in [3.05, 3.63) is 29.6 Å². The van der Waals surface area contributed by atoms with Crippen LogP contribution < -0.4 is 0 Å². The second kappa shape index (κ2) is 5.39. The summed E-state index contributed by atoms with van der Waals surface area (Å²) in [5, 5.41) is 0. The summed E-state index contributed by atoms with van der Waals surface area (Å²) in [5.41, 5.74) is 2.20. The first kappa shape index (κ1) is 10.7. The molecular formula is C8H11Cl2N. The topological polar surface area (TPSA) is 12.9 Å². The molecule has 11 heavy (non-hydrogen) atoms. The molecular weight excluding hydrogens is 181 g/mol. The second-order valence-corrected chi connectivity index (χ2v) is 2.41. The molecule has 0 saturated heterocycles. The molecule has 0 spiro atoms. The van der Waals surface area contributed by atoms with Gasteiger partial charge in [0.2, 0.25) is 0 Å². The minimum Gasteiger partial charge on any atom is -0.261 e. The molecule has 1 rings (SSSR count). The maximum atomic E-state index is 5.58. The minimum atomic E-state index is 0. The zero-order valence-corrected chi connectivity index (χ0v) is 7.95. The molecule has 0 aromatic carbocycles. The van der Waals surface area contributed by atoms with Gasteiger partial charge in [0.1, 0.15) is 0 Å². The van der Waals surface area contributed by atoms with Crippen LogP contribution in [0.25, 0.3) is 0 Å². The highest BCUT2D eigenvalue weighted by atomic mass is 35.5. The highest BCUT2D eigenvalue weighted by Crippen LogP contribution is 2.03. The smallest absolute Gasteiger partial charge is 0.0489 e. The van der Waals surface area contributed by atoms with Crippen LogP contribution >= 0.6 is 24.0 Å². The van der Waals surface area contributed by atoms with Crippen LogP contribution in [0.15, 0.2) is 18.3 Å². The van der Waals surface area contributed by atoms with E-state index >= 15 is 0 Å². The molecule has 0 amide bonds. The lowest BCUT2D eigenvalue weighted by atomic mass is 10.2. The van der Waals surface area contributed by atoms with Crippen molar-refractivity contribution in [3.63, 3.8) is 0 Å². The van der Waals surface area contributed by atoms with E-state index in [0.717, 1.165) is 17.7 Å². The maximum Gasteiger partial charge on any atom is 0.0489 e. The van der Waals surface area contributed by atoms with Crippen molar-refractivity contribution in [1.82, 2.24) is 4.98 Å². The molecule has 1 aromatic rings. The number of nitrogens with zero attached hydrogens (tertiary/aromatic N) is 1. The van der Waals surface area contributed by atoms with E-state index in [1.165, 1.54) is 0 Å². The van der Waals surface area contributed by atoms with E-state index in [9.17, 15) is 0 Å². The van der Waals surface area contributed by atoms with Crippen LogP contribution in [0.1, 0.15) is 18.2 Å². The van der Waals surface area contributed by atoms with E-state index in [1.54, 1.807) is 0 Å². The van der Waals surface area contributed by atoms with Gasteiger partial charge in [-0.05, 0) is 18.1 Å². The lowest BCUT2D eigenvalue weighted by Crippen LogP contribution is -1.86. The normalized spacial score (nSPS) is 8.91. The first-order chi connectivity index (χ1) is 4.86. The molecule has 0 atom stereocenters. The highest BCUT2D eigenvalue weighted by Gasteiger charge is 1.90. The van der Waals surface area contributed by atoms with E-state index in [4.69, 9.17) is 11.6 Å². The largest absolute Gasteiger partial charge is 0.261 e. The van der Waals surface area contributed by atoms with Crippen LogP contribution in [0.5, 0.6) is 0 Å². The summed E-state index contributed by atoms with van der Waals surface area (Å²) in [5.74, 6) is 0.553. The molecule has 62 valence electrons. The monoisotopic (exact) mass is 191 g/mol. The van der Waals surface area contributed by atoms with E-state index in [0.29, 0.717) is 5.88 Å². The number of hydrogen-bond donors (Lipinski definition) is 0. The van der Waals surface area contributed by atoms with Crippen molar-refractivity contribution >= 4 is 24.0 Å². The Kier molecular flexibility index (Phi) is 5.26. The third-order valence-corrected chi connectivity index (χ3v) is 1.71. The predicted octanol–water partition coefficient (Wildman–Crippen LogP) is 2.80. The van der Waals surface area contributed by atoms with E-state index in [-0.39, 0.29) is 12.4 Å². The van der Waals surface area contributed by atoms with Crippen molar-refractivity contribution < 1.29 is 0 Å². The maximum absolute atomic E-state index is 5.58. The van der Waals surface area contributed by atoms with Crippen LogP contribution in [0.4, 0.5) is 0 Å². The average Bonchev–Trinajstić information content (AvgIpc) is 2.05. The molecule has 1 nitrogen and oxygen atoms in total. The summed E-state index contributed by atoms with van der Waals surface area (Å²) in [6, 6.07) is 4.02. The van der Waals surface area contributed by atoms with E-state index < -0.39 is 0 Å². The molecule has 0 aliphatic heterocycles. The lowest BCUT2D eigenvalue weighted by molar-refractivity contribution is 1.02. The number of rotatable bonds is 2. The van der Waals surface area contributed by atoms with E-state index in [2.05, 4.69) is 11.9 Å². The molecule has 0 N–H and O–H groups in total. The summed E-state index contributed by atoms with van der Waals surface area (Å²) in [6.07, 6.45) is 2.81. The van der Waals surface area contributed by atoms with Crippen molar-refractivity contribution in [1.29, 1.82) is 0 Å². The number of aryl methyl sites for hydroxylation is 1. The van der Waals surface area contributed by atoms with Crippen LogP contribution in [0.2, 0.25) is 0 Å². The van der Waals surface area contributed by atoms with Gasteiger partial charge in [-0.1, -0.05) is 13.0 Å². The van der Waals surface area contributed by atoms with Gasteiger partial charge in [-0.25, -0.2) is 0 Å². The number of halogens is 2. The second-order valence-electron chi connectivity index (χ2n) is 2.14. The quantitative estimate of drug-likeness (QED) is 0.656. The Morgan fingerprint density at radius 2 is 2.18 bits per heavy atom. The van der Waals surface area contributed by atoms with Crippen molar-refractivity contribution in [2.24, 2.45) is 0 Å². The van der Waals surface area contributed by atoms with Gasteiger partial charge >= 0.3 is 0 Å². The molecule has 1 heterocycles. The fourth-order valence-corrected chi connectivity index (χ4v) is 0.901. The Balaban J connectivity index is 0.000001000. The van der Waals surface area contributed by atoms with Crippen LogP contribution in [-0.2, 0) is 12.3 Å². The number of hydrogen-bond acceptors (Lipinski definition) is 1. The molecule has 0 fully saturated rings. The van der Waals surface area contributed by atoms with Gasteiger partial charge in [0, 0.05) is 17.8 Å². The Labute approximate surface area is 78.2 Å².